The molecule has 2 rings (SSSR count). The van der Waals surface area contributed by atoms with Crippen molar-refractivity contribution in [3.05, 3.63) is 35.9 Å². The SMILES string of the molecule is CC(C)CC(C)(C(=O)C(C)C(=O)NCCN1CCN(C)CC1)c1ccccc1. The Morgan fingerprint density at radius 3 is 2.25 bits per heavy atom. The zero-order valence-electron chi connectivity index (χ0n) is 18.2. The van der Waals surface area contributed by atoms with Crippen LogP contribution >= 0.6 is 0 Å². The van der Waals surface area contributed by atoms with Gasteiger partial charge in [-0.25, -0.2) is 0 Å². The molecule has 0 radical (unpaired) electrons. The summed E-state index contributed by atoms with van der Waals surface area (Å²) in [6.45, 7) is 13.6. The second-order valence-corrected chi connectivity index (χ2v) is 8.82. The van der Waals surface area contributed by atoms with E-state index in [4.69, 9.17) is 0 Å². The van der Waals surface area contributed by atoms with E-state index in [-0.39, 0.29) is 11.7 Å². The number of rotatable bonds is 9. The fourth-order valence-corrected chi connectivity index (χ4v) is 4.14. The molecule has 1 aliphatic rings. The average molecular weight is 388 g/mol. The summed E-state index contributed by atoms with van der Waals surface area (Å²) in [5.74, 6) is -0.451. The smallest absolute Gasteiger partial charge is 0.230 e. The van der Waals surface area contributed by atoms with Gasteiger partial charge in [0.2, 0.25) is 5.91 Å². The van der Waals surface area contributed by atoms with Crippen LogP contribution < -0.4 is 5.32 Å². The fourth-order valence-electron chi connectivity index (χ4n) is 4.14. The molecule has 156 valence electrons. The molecule has 0 aliphatic carbocycles. The topological polar surface area (TPSA) is 52.7 Å². The molecule has 2 unspecified atom stereocenters. The lowest BCUT2D eigenvalue weighted by Crippen LogP contribution is -2.48. The molecule has 1 N–H and O–H groups in total. The van der Waals surface area contributed by atoms with Crippen molar-refractivity contribution in [2.75, 3.05) is 46.3 Å². The Morgan fingerprint density at radius 2 is 1.68 bits per heavy atom. The Labute approximate surface area is 170 Å². The van der Waals surface area contributed by atoms with Gasteiger partial charge in [-0.3, -0.25) is 14.5 Å². The van der Waals surface area contributed by atoms with Crippen molar-refractivity contribution >= 4 is 11.7 Å². The molecule has 1 heterocycles. The van der Waals surface area contributed by atoms with Crippen LogP contribution in [0.5, 0.6) is 0 Å². The number of amides is 1. The van der Waals surface area contributed by atoms with Crippen LogP contribution in [0.3, 0.4) is 0 Å². The molecule has 5 nitrogen and oxygen atoms in total. The number of hydrogen-bond acceptors (Lipinski definition) is 4. The second-order valence-electron chi connectivity index (χ2n) is 8.82. The van der Waals surface area contributed by atoms with Crippen LogP contribution in [0.25, 0.3) is 0 Å². The van der Waals surface area contributed by atoms with E-state index < -0.39 is 11.3 Å². The maximum atomic E-state index is 13.4. The van der Waals surface area contributed by atoms with Gasteiger partial charge in [-0.05, 0) is 38.8 Å². The van der Waals surface area contributed by atoms with Gasteiger partial charge in [-0.1, -0.05) is 44.2 Å². The van der Waals surface area contributed by atoms with Gasteiger partial charge in [0.05, 0.1) is 11.3 Å². The molecule has 1 saturated heterocycles. The number of hydrogen-bond donors (Lipinski definition) is 1. The summed E-state index contributed by atoms with van der Waals surface area (Å²) >= 11 is 0. The van der Waals surface area contributed by atoms with Crippen LogP contribution in [-0.2, 0) is 15.0 Å². The number of benzene rings is 1. The van der Waals surface area contributed by atoms with Gasteiger partial charge in [0, 0.05) is 39.3 Å². The molecular weight excluding hydrogens is 350 g/mol. The van der Waals surface area contributed by atoms with E-state index >= 15 is 0 Å². The number of likely N-dealkylation sites (N-methyl/N-ethyl adjacent to an activating group) is 1. The van der Waals surface area contributed by atoms with Gasteiger partial charge in [0.15, 0.2) is 5.78 Å². The first-order chi connectivity index (χ1) is 13.2. The third-order valence-corrected chi connectivity index (χ3v) is 5.88. The van der Waals surface area contributed by atoms with E-state index in [9.17, 15) is 9.59 Å². The largest absolute Gasteiger partial charge is 0.354 e. The maximum absolute atomic E-state index is 13.4. The zero-order chi connectivity index (χ0) is 20.7. The number of ketones is 1. The maximum Gasteiger partial charge on any atom is 0.230 e. The number of piperazine rings is 1. The predicted molar refractivity (Wildman–Crippen MR) is 114 cm³/mol. The average Bonchev–Trinajstić information content (AvgIpc) is 2.68. The summed E-state index contributed by atoms with van der Waals surface area (Å²) in [5, 5.41) is 2.98. The quantitative estimate of drug-likeness (QED) is 0.662. The van der Waals surface area contributed by atoms with E-state index in [0.717, 1.165) is 44.7 Å². The van der Waals surface area contributed by atoms with Crippen molar-refractivity contribution in [1.29, 1.82) is 0 Å². The minimum Gasteiger partial charge on any atom is -0.354 e. The van der Waals surface area contributed by atoms with Gasteiger partial charge in [-0.2, -0.15) is 0 Å². The van der Waals surface area contributed by atoms with E-state index in [1.54, 1.807) is 6.92 Å². The van der Waals surface area contributed by atoms with Crippen LogP contribution in [-0.4, -0.2) is 67.8 Å². The summed E-state index contributed by atoms with van der Waals surface area (Å²) in [5.41, 5.74) is 0.342. The molecule has 1 fully saturated rings. The molecule has 1 aromatic rings. The highest BCUT2D eigenvalue weighted by Gasteiger charge is 2.40. The number of nitrogens with one attached hydrogen (secondary N) is 1. The van der Waals surface area contributed by atoms with Crippen molar-refractivity contribution in [3.63, 3.8) is 0 Å². The Morgan fingerprint density at radius 1 is 1.07 bits per heavy atom. The van der Waals surface area contributed by atoms with Gasteiger partial charge in [0.25, 0.3) is 0 Å². The molecule has 2 atom stereocenters. The van der Waals surface area contributed by atoms with Crippen molar-refractivity contribution in [2.24, 2.45) is 11.8 Å². The first-order valence-corrected chi connectivity index (χ1v) is 10.5. The van der Waals surface area contributed by atoms with Gasteiger partial charge in [0.1, 0.15) is 0 Å². The highest BCUT2D eigenvalue weighted by molar-refractivity contribution is 6.05. The predicted octanol–water partition coefficient (Wildman–Crippen LogP) is 2.56. The third-order valence-electron chi connectivity index (χ3n) is 5.88. The minimum atomic E-state index is -0.656. The molecule has 0 aromatic heterocycles. The van der Waals surface area contributed by atoms with Crippen molar-refractivity contribution < 1.29 is 9.59 Å². The summed E-state index contributed by atoms with van der Waals surface area (Å²) in [6, 6.07) is 9.87. The van der Waals surface area contributed by atoms with Crippen LogP contribution in [0.1, 0.15) is 39.7 Å². The van der Waals surface area contributed by atoms with Gasteiger partial charge >= 0.3 is 0 Å². The lowest BCUT2D eigenvalue weighted by molar-refractivity contribution is -0.136. The lowest BCUT2D eigenvalue weighted by Gasteiger charge is -2.33. The summed E-state index contributed by atoms with van der Waals surface area (Å²) < 4.78 is 0. The first-order valence-electron chi connectivity index (χ1n) is 10.5. The molecular formula is C23H37N3O2. The monoisotopic (exact) mass is 387 g/mol. The molecule has 1 amide bonds. The Hall–Kier alpha value is -1.72. The standard InChI is InChI=1S/C23H37N3O2/c1-18(2)17-23(4,20-9-7-6-8-10-20)21(27)19(3)22(28)24-11-12-26-15-13-25(5)14-16-26/h6-10,18-19H,11-17H2,1-5H3,(H,24,28). The number of nitrogens with zero attached hydrogens (tertiary/aromatic N) is 2. The van der Waals surface area contributed by atoms with Crippen molar-refractivity contribution in [2.45, 2.75) is 39.5 Å². The van der Waals surface area contributed by atoms with E-state index in [2.05, 4.69) is 36.0 Å². The molecule has 0 saturated carbocycles. The number of carbonyl (C=O) groups excluding carboxylic acids is 2. The van der Waals surface area contributed by atoms with Crippen molar-refractivity contribution in [1.82, 2.24) is 15.1 Å². The van der Waals surface area contributed by atoms with Crippen LogP contribution in [0, 0.1) is 11.8 Å². The number of Topliss-reactive ketones (excluding diaryl/α,β-unsaturated/α-hetero) is 1. The molecule has 1 aromatic carbocycles. The highest BCUT2D eigenvalue weighted by Crippen LogP contribution is 2.34. The van der Waals surface area contributed by atoms with Crippen LogP contribution in [0.4, 0.5) is 0 Å². The minimum absolute atomic E-state index is 0.00416. The summed E-state index contributed by atoms with van der Waals surface area (Å²) in [7, 11) is 2.13. The van der Waals surface area contributed by atoms with Crippen LogP contribution in [0.15, 0.2) is 30.3 Å². The third kappa shape index (κ3) is 5.89. The van der Waals surface area contributed by atoms with Gasteiger partial charge in [-0.15, -0.1) is 0 Å². The Bertz CT molecular complexity index is 639. The lowest BCUT2D eigenvalue weighted by atomic mass is 9.69. The van der Waals surface area contributed by atoms with Crippen LogP contribution in [0.2, 0.25) is 0 Å². The fraction of sp³-hybridized carbons (Fsp3) is 0.652. The van der Waals surface area contributed by atoms with E-state index in [1.165, 1.54) is 0 Å². The first kappa shape index (κ1) is 22.6. The van der Waals surface area contributed by atoms with Crippen molar-refractivity contribution in [3.8, 4) is 0 Å². The Kier molecular flexibility index (Phi) is 8.20. The normalized spacial score (nSPS) is 19.2. The summed E-state index contributed by atoms with van der Waals surface area (Å²) in [6.07, 6.45) is 0.731. The zero-order valence-corrected chi connectivity index (χ0v) is 18.2. The van der Waals surface area contributed by atoms with E-state index in [1.807, 2.05) is 37.3 Å². The molecule has 0 bridgehead atoms. The molecule has 28 heavy (non-hydrogen) atoms. The number of carbonyl (C=O) groups is 2. The Balaban J connectivity index is 1.96. The van der Waals surface area contributed by atoms with E-state index in [0.29, 0.717) is 12.5 Å². The molecule has 0 spiro atoms. The second kappa shape index (κ2) is 10.2. The summed E-state index contributed by atoms with van der Waals surface area (Å²) in [4.78, 5) is 30.7. The molecule has 5 heteroatoms. The highest BCUT2D eigenvalue weighted by atomic mass is 16.2. The molecule has 1 aliphatic heterocycles. The van der Waals surface area contributed by atoms with Gasteiger partial charge < -0.3 is 10.2 Å².